The van der Waals surface area contributed by atoms with Gasteiger partial charge in [0.2, 0.25) is 0 Å². The zero-order valence-electron chi connectivity index (χ0n) is 9.81. The van der Waals surface area contributed by atoms with Gasteiger partial charge >= 0.3 is 5.97 Å². The number of carboxylic acids is 1. The van der Waals surface area contributed by atoms with Crippen molar-refractivity contribution in [3.05, 3.63) is 36.3 Å². The molecule has 0 saturated carbocycles. The van der Waals surface area contributed by atoms with Gasteiger partial charge in [-0.25, -0.2) is 13.2 Å². The lowest BCUT2D eigenvalue weighted by Crippen LogP contribution is -2.17. The number of aromatic nitrogens is 3. The summed E-state index contributed by atoms with van der Waals surface area (Å²) in [5, 5.41) is 12.7. The molecule has 0 atom stereocenters. The molecule has 8 nitrogen and oxygen atoms in total. The molecular formula is C10H10N4O4S. The summed E-state index contributed by atoms with van der Waals surface area (Å²) in [5.41, 5.74) is -0.227. The van der Waals surface area contributed by atoms with Crippen LogP contribution in [-0.2, 0) is 17.1 Å². The summed E-state index contributed by atoms with van der Waals surface area (Å²) in [6.07, 6.45) is 3.67. The maximum Gasteiger partial charge on any atom is 0.341 e. The number of nitrogens with one attached hydrogen (secondary N) is 1. The van der Waals surface area contributed by atoms with E-state index in [1.54, 1.807) is 0 Å². The Balaban J connectivity index is 2.42. The Hall–Kier alpha value is -2.42. The summed E-state index contributed by atoms with van der Waals surface area (Å²) in [6, 6.07) is 2.82. The second kappa shape index (κ2) is 4.69. The van der Waals surface area contributed by atoms with Crippen molar-refractivity contribution in [3.8, 4) is 0 Å². The fourth-order valence-electron chi connectivity index (χ4n) is 1.41. The summed E-state index contributed by atoms with van der Waals surface area (Å²) in [6.45, 7) is 0. The Kier molecular flexibility index (Phi) is 3.21. The van der Waals surface area contributed by atoms with Gasteiger partial charge in [-0.05, 0) is 12.1 Å². The van der Waals surface area contributed by atoms with E-state index < -0.39 is 16.0 Å². The van der Waals surface area contributed by atoms with Gasteiger partial charge in [0.1, 0.15) is 10.5 Å². The number of rotatable bonds is 4. The molecule has 0 spiro atoms. The molecule has 2 aromatic rings. The molecule has 19 heavy (non-hydrogen) atoms. The van der Waals surface area contributed by atoms with Gasteiger partial charge in [-0.1, -0.05) is 0 Å². The van der Waals surface area contributed by atoms with E-state index in [2.05, 4.69) is 14.8 Å². The Morgan fingerprint density at radius 2 is 2.16 bits per heavy atom. The van der Waals surface area contributed by atoms with E-state index in [1.807, 2.05) is 0 Å². The van der Waals surface area contributed by atoms with Crippen LogP contribution in [0.1, 0.15) is 10.4 Å². The lowest BCUT2D eigenvalue weighted by Gasteiger charge is -2.08. The van der Waals surface area contributed by atoms with Gasteiger partial charge in [-0.2, -0.15) is 5.10 Å². The second-order valence-electron chi connectivity index (χ2n) is 3.63. The van der Waals surface area contributed by atoms with Crippen molar-refractivity contribution in [1.82, 2.24) is 14.8 Å². The molecular weight excluding hydrogens is 272 g/mol. The van der Waals surface area contributed by atoms with E-state index in [4.69, 9.17) is 5.11 Å². The SMILES string of the molecule is Cn1ncc(C(=O)O)c1NS(=O)(=O)c1cccnc1. The normalized spacial score (nSPS) is 11.2. The third-order valence-corrected chi connectivity index (χ3v) is 3.67. The summed E-state index contributed by atoms with van der Waals surface area (Å²) >= 11 is 0. The molecule has 2 aromatic heterocycles. The van der Waals surface area contributed by atoms with Crippen LogP contribution in [0.5, 0.6) is 0 Å². The predicted octanol–water partition coefficient (Wildman–Crippen LogP) is 0.314. The quantitative estimate of drug-likeness (QED) is 0.834. The summed E-state index contributed by atoms with van der Waals surface area (Å²) < 4.78 is 27.4. The maximum atomic E-state index is 12.0. The average molecular weight is 282 g/mol. The first-order chi connectivity index (χ1) is 8.92. The lowest BCUT2D eigenvalue weighted by molar-refractivity contribution is 0.0698. The molecule has 0 aliphatic carbocycles. The number of sulfonamides is 1. The van der Waals surface area contributed by atoms with Crippen molar-refractivity contribution in [3.63, 3.8) is 0 Å². The van der Waals surface area contributed by atoms with Crippen molar-refractivity contribution >= 4 is 21.8 Å². The standard InChI is InChI=1S/C10H10N4O4S/c1-14-9(8(6-12-14)10(15)16)13-19(17,18)7-3-2-4-11-5-7/h2-6,13H,1H3,(H,15,16). The molecule has 0 fully saturated rings. The van der Waals surface area contributed by atoms with Crippen molar-refractivity contribution in [2.45, 2.75) is 4.90 Å². The maximum absolute atomic E-state index is 12.0. The van der Waals surface area contributed by atoms with Crippen molar-refractivity contribution in [1.29, 1.82) is 0 Å². The first-order valence-corrected chi connectivity index (χ1v) is 6.58. The molecule has 0 aliphatic heterocycles. The van der Waals surface area contributed by atoms with Crippen LogP contribution in [0.25, 0.3) is 0 Å². The smallest absolute Gasteiger partial charge is 0.341 e. The predicted molar refractivity (Wildman–Crippen MR) is 65.2 cm³/mol. The van der Waals surface area contributed by atoms with E-state index in [1.165, 1.54) is 31.6 Å². The van der Waals surface area contributed by atoms with Gasteiger partial charge in [-0.15, -0.1) is 0 Å². The van der Waals surface area contributed by atoms with E-state index in [0.29, 0.717) is 0 Å². The minimum Gasteiger partial charge on any atom is -0.477 e. The fourth-order valence-corrected chi connectivity index (χ4v) is 2.48. The monoisotopic (exact) mass is 282 g/mol. The molecule has 0 amide bonds. The number of nitrogens with zero attached hydrogens (tertiary/aromatic N) is 3. The zero-order chi connectivity index (χ0) is 14.0. The number of carboxylic acid groups (broad SMARTS) is 1. The molecule has 0 radical (unpaired) electrons. The fraction of sp³-hybridized carbons (Fsp3) is 0.100. The topological polar surface area (TPSA) is 114 Å². The first-order valence-electron chi connectivity index (χ1n) is 5.10. The highest BCUT2D eigenvalue weighted by molar-refractivity contribution is 7.92. The molecule has 100 valence electrons. The number of aromatic carboxylic acids is 1. The molecule has 0 unspecified atom stereocenters. The van der Waals surface area contributed by atoms with E-state index in [9.17, 15) is 13.2 Å². The molecule has 2 N–H and O–H groups in total. The molecule has 0 aliphatic rings. The number of carbonyl (C=O) groups is 1. The van der Waals surface area contributed by atoms with E-state index in [-0.39, 0.29) is 16.3 Å². The largest absolute Gasteiger partial charge is 0.477 e. The first kappa shape index (κ1) is 13.0. The number of hydrogen-bond acceptors (Lipinski definition) is 5. The molecule has 2 heterocycles. The lowest BCUT2D eigenvalue weighted by atomic mass is 10.3. The van der Waals surface area contributed by atoms with Crippen LogP contribution in [0, 0.1) is 0 Å². The highest BCUT2D eigenvalue weighted by atomic mass is 32.2. The zero-order valence-corrected chi connectivity index (χ0v) is 10.6. The summed E-state index contributed by atoms with van der Waals surface area (Å²) in [5.74, 6) is -1.38. The van der Waals surface area contributed by atoms with Crippen molar-refractivity contribution in [2.24, 2.45) is 7.05 Å². The van der Waals surface area contributed by atoms with Crippen LogP contribution in [0.15, 0.2) is 35.6 Å². The Morgan fingerprint density at radius 3 is 2.74 bits per heavy atom. The van der Waals surface area contributed by atoms with Gasteiger partial charge in [0, 0.05) is 19.4 Å². The highest BCUT2D eigenvalue weighted by Crippen LogP contribution is 2.18. The van der Waals surface area contributed by atoms with Gasteiger partial charge in [0.25, 0.3) is 10.0 Å². The second-order valence-corrected chi connectivity index (χ2v) is 5.31. The third-order valence-electron chi connectivity index (χ3n) is 2.34. The molecule has 0 aromatic carbocycles. The van der Waals surface area contributed by atoms with Crippen LogP contribution >= 0.6 is 0 Å². The molecule has 0 bridgehead atoms. The number of pyridine rings is 1. The Morgan fingerprint density at radius 1 is 1.42 bits per heavy atom. The molecule has 9 heteroatoms. The van der Waals surface area contributed by atoms with Crippen LogP contribution in [0.2, 0.25) is 0 Å². The van der Waals surface area contributed by atoms with Gasteiger partial charge in [0.15, 0.2) is 5.82 Å². The van der Waals surface area contributed by atoms with E-state index in [0.717, 1.165) is 10.9 Å². The van der Waals surface area contributed by atoms with Crippen LogP contribution in [-0.4, -0.2) is 34.3 Å². The Bertz CT molecular complexity index is 708. The van der Waals surface area contributed by atoms with E-state index >= 15 is 0 Å². The number of aryl methyl sites for hydroxylation is 1. The van der Waals surface area contributed by atoms with Gasteiger partial charge < -0.3 is 5.11 Å². The highest BCUT2D eigenvalue weighted by Gasteiger charge is 2.21. The van der Waals surface area contributed by atoms with Crippen LogP contribution < -0.4 is 4.72 Å². The third kappa shape index (κ3) is 2.55. The Labute approximate surface area is 108 Å². The number of anilines is 1. The van der Waals surface area contributed by atoms with Gasteiger partial charge in [-0.3, -0.25) is 14.4 Å². The molecule has 0 saturated heterocycles. The number of hydrogen-bond donors (Lipinski definition) is 2. The minimum atomic E-state index is -3.90. The van der Waals surface area contributed by atoms with Crippen LogP contribution in [0.4, 0.5) is 5.82 Å². The molecule has 2 rings (SSSR count). The van der Waals surface area contributed by atoms with Crippen molar-refractivity contribution in [2.75, 3.05) is 4.72 Å². The summed E-state index contributed by atoms with van der Waals surface area (Å²) in [4.78, 5) is 14.6. The minimum absolute atomic E-state index is 0.0625. The van der Waals surface area contributed by atoms with Crippen LogP contribution in [0.3, 0.4) is 0 Å². The summed E-state index contributed by atoms with van der Waals surface area (Å²) in [7, 11) is -2.46. The van der Waals surface area contributed by atoms with Crippen molar-refractivity contribution < 1.29 is 18.3 Å². The average Bonchev–Trinajstić information content (AvgIpc) is 2.72. The van der Waals surface area contributed by atoms with Gasteiger partial charge in [0.05, 0.1) is 6.20 Å².